The van der Waals surface area contributed by atoms with Gasteiger partial charge in [0.15, 0.2) is 0 Å². The molecule has 0 saturated carbocycles. The molecule has 0 aromatic heterocycles. The first-order valence-electron chi connectivity index (χ1n) is 5.07. The summed E-state index contributed by atoms with van der Waals surface area (Å²) < 4.78 is 32.1. The lowest BCUT2D eigenvalue weighted by Gasteiger charge is -2.10. The van der Waals surface area contributed by atoms with Crippen LogP contribution in [0.1, 0.15) is 5.56 Å². The fraction of sp³-hybridized carbons (Fsp3) is 0.0769. The number of ether oxygens (including phenoxy) is 1. The van der Waals surface area contributed by atoms with E-state index in [9.17, 15) is 8.78 Å². The standard InChI is InChI=1S/C13H8Br2F2O/c14-7-8-5-9(16)1-4-13(8)18-10-2-3-12(17)11(15)6-10/h1-6H,7H2. The van der Waals surface area contributed by atoms with Crippen molar-refractivity contribution >= 4 is 31.9 Å². The Balaban J connectivity index is 2.30. The van der Waals surface area contributed by atoms with Gasteiger partial charge in [0.25, 0.3) is 0 Å². The molecule has 0 aliphatic carbocycles. The van der Waals surface area contributed by atoms with Gasteiger partial charge in [-0.3, -0.25) is 0 Å². The number of rotatable bonds is 3. The Hall–Kier alpha value is -0.940. The highest BCUT2D eigenvalue weighted by atomic mass is 79.9. The van der Waals surface area contributed by atoms with Crippen molar-refractivity contribution in [1.82, 2.24) is 0 Å². The smallest absolute Gasteiger partial charge is 0.137 e. The maximum atomic E-state index is 13.1. The summed E-state index contributed by atoms with van der Waals surface area (Å²) in [6.45, 7) is 0. The lowest BCUT2D eigenvalue weighted by atomic mass is 10.2. The van der Waals surface area contributed by atoms with E-state index in [0.29, 0.717) is 26.9 Å². The molecule has 0 spiro atoms. The van der Waals surface area contributed by atoms with Gasteiger partial charge in [0.05, 0.1) is 4.47 Å². The van der Waals surface area contributed by atoms with E-state index >= 15 is 0 Å². The van der Waals surface area contributed by atoms with Gasteiger partial charge in [0.2, 0.25) is 0 Å². The van der Waals surface area contributed by atoms with Crippen molar-refractivity contribution in [3.63, 3.8) is 0 Å². The Morgan fingerprint density at radius 2 is 1.83 bits per heavy atom. The zero-order chi connectivity index (χ0) is 13.1. The second-order valence-corrected chi connectivity index (χ2v) is 4.98. The number of alkyl halides is 1. The van der Waals surface area contributed by atoms with Crippen molar-refractivity contribution in [3.8, 4) is 11.5 Å². The normalized spacial score (nSPS) is 10.4. The number of hydrogen-bond donors (Lipinski definition) is 0. The summed E-state index contributed by atoms with van der Waals surface area (Å²) in [7, 11) is 0. The third-order valence-electron chi connectivity index (χ3n) is 2.29. The van der Waals surface area contributed by atoms with Gasteiger partial charge in [0.1, 0.15) is 23.1 Å². The first-order chi connectivity index (χ1) is 8.60. The van der Waals surface area contributed by atoms with Crippen molar-refractivity contribution in [2.45, 2.75) is 5.33 Å². The molecule has 0 atom stereocenters. The molecule has 0 saturated heterocycles. The summed E-state index contributed by atoms with van der Waals surface area (Å²) in [6.07, 6.45) is 0. The van der Waals surface area contributed by atoms with E-state index < -0.39 is 0 Å². The Bertz CT molecular complexity index is 573. The van der Waals surface area contributed by atoms with Crippen LogP contribution in [0.4, 0.5) is 8.78 Å². The quantitative estimate of drug-likeness (QED) is 0.649. The molecule has 2 aromatic rings. The summed E-state index contributed by atoms with van der Waals surface area (Å²) in [5.74, 6) is 0.336. The first kappa shape index (κ1) is 13.5. The largest absolute Gasteiger partial charge is 0.457 e. The molecule has 0 unspecified atom stereocenters. The van der Waals surface area contributed by atoms with E-state index in [0.717, 1.165) is 0 Å². The van der Waals surface area contributed by atoms with Gasteiger partial charge in [-0.15, -0.1) is 0 Å². The molecule has 0 radical (unpaired) electrons. The predicted octanol–water partition coefficient (Wildman–Crippen LogP) is 5.41. The topological polar surface area (TPSA) is 9.23 Å². The Morgan fingerprint density at radius 1 is 1.06 bits per heavy atom. The van der Waals surface area contributed by atoms with Gasteiger partial charge >= 0.3 is 0 Å². The molecule has 0 heterocycles. The first-order valence-corrected chi connectivity index (χ1v) is 6.99. The molecular weight excluding hydrogens is 370 g/mol. The minimum atomic E-state index is -0.359. The summed E-state index contributed by atoms with van der Waals surface area (Å²) in [5, 5.41) is 0.475. The summed E-state index contributed by atoms with van der Waals surface area (Å²) in [4.78, 5) is 0. The Morgan fingerprint density at radius 3 is 2.50 bits per heavy atom. The van der Waals surface area contributed by atoms with Gasteiger partial charge in [-0.05, 0) is 52.3 Å². The lowest BCUT2D eigenvalue weighted by Crippen LogP contribution is -1.91. The monoisotopic (exact) mass is 376 g/mol. The van der Waals surface area contributed by atoms with Crippen LogP contribution >= 0.6 is 31.9 Å². The molecule has 0 aliphatic heterocycles. The molecule has 0 amide bonds. The van der Waals surface area contributed by atoms with Gasteiger partial charge in [-0.1, -0.05) is 15.9 Å². The molecule has 5 heteroatoms. The molecule has 18 heavy (non-hydrogen) atoms. The molecule has 2 aromatic carbocycles. The van der Waals surface area contributed by atoms with E-state index in [2.05, 4.69) is 31.9 Å². The van der Waals surface area contributed by atoms with Crippen molar-refractivity contribution in [1.29, 1.82) is 0 Å². The number of hydrogen-bond acceptors (Lipinski definition) is 1. The third kappa shape index (κ3) is 3.09. The summed E-state index contributed by atoms with van der Waals surface area (Å²) >= 11 is 6.35. The number of benzene rings is 2. The van der Waals surface area contributed by atoms with Gasteiger partial charge in [-0.25, -0.2) is 8.78 Å². The highest BCUT2D eigenvalue weighted by Crippen LogP contribution is 2.30. The highest BCUT2D eigenvalue weighted by Gasteiger charge is 2.07. The van der Waals surface area contributed by atoms with Crippen LogP contribution in [0.15, 0.2) is 40.9 Å². The van der Waals surface area contributed by atoms with E-state index in [1.165, 1.54) is 30.3 Å². The summed E-state index contributed by atoms with van der Waals surface area (Å²) in [5.41, 5.74) is 0.690. The van der Waals surface area contributed by atoms with E-state index in [1.807, 2.05) is 0 Å². The molecule has 94 valence electrons. The van der Waals surface area contributed by atoms with Gasteiger partial charge < -0.3 is 4.74 Å². The second kappa shape index (κ2) is 5.80. The van der Waals surface area contributed by atoms with Crippen LogP contribution in [0.5, 0.6) is 11.5 Å². The molecule has 2 rings (SSSR count). The van der Waals surface area contributed by atoms with E-state index in [4.69, 9.17) is 4.74 Å². The predicted molar refractivity (Wildman–Crippen MR) is 73.2 cm³/mol. The van der Waals surface area contributed by atoms with Crippen molar-refractivity contribution in [2.75, 3.05) is 0 Å². The second-order valence-electron chi connectivity index (χ2n) is 3.56. The zero-order valence-corrected chi connectivity index (χ0v) is 12.3. The molecule has 1 nitrogen and oxygen atoms in total. The van der Waals surface area contributed by atoms with E-state index in [1.54, 1.807) is 6.07 Å². The van der Waals surface area contributed by atoms with Crippen molar-refractivity contribution < 1.29 is 13.5 Å². The number of halogens is 4. The SMILES string of the molecule is Fc1ccc(Oc2ccc(F)c(Br)c2)c(CBr)c1. The fourth-order valence-corrected chi connectivity index (χ4v) is 2.22. The van der Waals surface area contributed by atoms with Crippen LogP contribution in [0.2, 0.25) is 0 Å². The average Bonchev–Trinajstić information content (AvgIpc) is 2.36. The molecule has 0 fully saturated rings. The summed E-state index contributed by atoms with van der Waals surface area (Å²) in [6, 6.07) is 8.60. The van der Waals surface area contributed by atoms with Crippen LogP contribution in [-0.4, -0.2) is 0 Å². The molecule has 0 aliphatic rings. The minimum Gasteiger partial charge on any atom is -0.457 e. The van der Waals surface area contributed by atoms with Crippen molar-refractivity contribution in [3.05, 3.63) is 58.1 Å². The third-order valence-corrected chi connectivity index (χ3v) is 3.50. The van der Waals surface area contributed by atoms with Crippen LogP contribution < -0.4 is 4.74 Å². The highest BCUT2D eigenvalue weighted by molar-refractivity contribution is 9.10. The van der Waals surface area contributed by atoms with E-state index in [-0.39, 0.29) is 11.6 Å². The van der Waals surface area contributed by atoms with Crippen LogP contribution in [0.3, 0.4) is 0 Å². The maximum absolute atomic E-state index is 13.1. The lowest BCUT2D eigenvalue weighted by molar-refractivity contribution is 0.473. The van der Waals surface area contributed by atoms with Crippen molar-refractivity contribution in [2.24, 2.45) is 0 Å². The fourth-order valence-electron chi connectivity index (χ4n) is 1.42. The maximum Gasteiger partial charge on any atom is 0.137 e. The van der Waals surface area contributed by atoms with Gasteiger partial charge in [-0.2, -0.15) is 0 Å². The van der Waals surface area contributed by atoms with Gasteiger partial charge in [0, 0.05) is 10.9 Å². The van der Waals surface area contributed by atoms with Crippen LogP contribution in [0, 0.1) is 11.6 Å². The average molecular weight is 378 g/mol. The molecule has 0 bridgehead atoms. The molecular formula is C13H8Br2F2O. The molecule has 0 N–H and O–H groups in total. The van der Waals surface area contributed by atoms with Crippen LogP contribution in [-0.2, 0) is 5.33 Å². The van der Waals surface area contributed by atoms with Crippen LogP contribution in [0.25, 0.3) is 0 Å². The Kier molecular flexibility index (Phi) is 4.35. The zero-order valence-electron chi connectivity index (χ0n) is 9.09. The minimum absolute atomic E-state index is 0.322. The Labute approximate surface area is 120 Å².